The average Bonchev–Trinajstić information content (AvgIpc) is 2.47. The first-order valence-corrected chi connectivity index (χ1v) is 7.21. The predicted octanol–water partition coefficient (Wildman–Crippen LogP) is 2.09. The van der Waals surface area contributed by atoms with E-state index in [4.69, 9.17) is 10.00 Å². The second kappa shape index (κ2) is 6.74. The van der Waals surface area contributed by atoms with Crippen molar-refractivity contribution < 1.29 is 4.74 Å². The summed E-state index contributed by atoms with van der Waals surface area (Å²) in [6.45, 7) is 9.87. The molecular formula is C16H23N3O. The van der Waals surface area contributed by atoms with E-state index in [0.717, 1.165) is 32.7 Å². The largest absolute Gasteiger partial charge is 0.495 e. The fourth-order valence-corrected chi connectivity index (χ4v) is 2.87. The SMILES string of the molecule is CCN1CCN(Cc2ccc(C#N)c(OC)c2)CC1C. The minimum Gasteiger partial charge on any atom is -0.495 e. The van der Waals surface area contributed by atoms with Crippen molar-refractivity contribution in [1.29, 1.82) is 5.26 Å². The smallest absolute Gasteiger partial charge is 0.136 e. The molecule has 0 amide bonds. The van der Waals surface area contributed by atoms with Crippen LogP contribution in [0.1, 0.15) is 25.0 Å². The summed E-state index contributed by atoms with van der Waals surface area (Å²) in [5.41, 5.74) is 1.80. The second-order valence-electron chi connectivity index (χ2n) is 5.36. The molecule has 1 aliphatic heterocycles. The van der Waals surface area contributed by atoms with Crippen molar-refractivity contribution in [3.63, 3.8) is 0 Å². The van der Waals surface area contributed by atoms with Gasteiger partial charge in [0.25, 0.3) is 0 Å². The minimum atomic E-state index is 0.598. The van der Waals surface area contributed by atoms with E-state index in [2.05, 4.69) is 29.7 Å². The molecule has 1 aliphatic rings. The summed E-state index contributed by atoms with van der Waals surface area (Å²) in [7, 11) is 1.61. The topological polar surface area (TPSA) is 39.5 Å². The van der Waals surface area contributed by atoms with Crippen LogP contribution in [-0.4, -0.2) is 49.1 Å². The lowest BCUT2D eigenvalue weighted by atomic mass is 10.1. The van der Waals surface area contributed by atoms with Gasteiger partial charge in [0, 0.05) is 32.2 Å². The zero-order chi connectivity index (χ0) is 14.5. The van der Waals surface area contributed by atoms with Crippen molar-refractivity contribution in [2.24, 2.45) is 0 Å². The highest BCUT2D eigenvalue weighted by Gasteiger charge is 2.22. The number of ether oxygens (including phenoxy) is 1. The van der Waals surface area contributed by atoms with Crippen LogP contribution >= 0.6 is 0 Å². The fourth-order valence-electron chi connectivity index (χ4n) is 2.87. The summed E-state index contributed by atoms with van der Waals surface area (Å²) in [5, 5.41) is 9.01. The highest BCUT2D eigenvalue weighted by atomic mass is 16.5. The van der Waals surface area contributed by atoms with Gasteiger partial charge < -0.3 is 4.74 Å². The van der Waals surface area contributed by atoms with E-state index < -0.39 is 0 Å². The van der Waals surface area contributed by atoms with Crippen LogP contribution in [0.15, 0.2) is 18.2 Å². The van der Waals surface area contributed by atoms with Crippen molar-refractivity contribution in [2.75, 3.05) is 33.3 Å². The molecule has 1 fully saturated rings. The zero-order valence-electron chi connectivity index (χ0n) is 12.6. The van der Waals surface area contributed by atoms with Crippen LogP contribution in [-0.2, 0) is 6.54 Å². The van der Waals surface area contributed by atoms with E-state index in [1.807, 2.05) is 18.2 Å². The number of nitrogens with zero attached hydrogens (tertiary/aromatic N) is 3. The van der Waals surface area contributed by atoms with Crippen LogP contribution in [0.5, 0.6) is 5.75 Å². The third-order valence-corrected chi connectivity index (χ3v) is 4.05. The quantitative estimate of drug-likeness (QED) is 0.842. The van der Waals surface area contributed by atoms with Gasteiger partial charge in [-0.15, -0.1) is 0 Å². The van der Waals surface area contributed by atoms with Gasteiger partial charge in [-0.05, 0) is 31.2 Å². The van der Waals surface area contributed by atoms with E-state index >= 15 is 0 Å². The number of hydrogen-bond donors (Lipinski definition) is 0. The lowest BCUT2D eigenvalue weighted by Crippen LogP contribution is -2.51. The molecule has 0 aliphatic carbocycles. The molecule has 108 valence electrons. The van der Waals surface area contributed by atoms with E-state index in [1.54, 1.807) is 7.11 Å². The molecule has 4 nitrogen and oxygen atoms in total. The predicted molar refractivity (Wildman–Crippen MR) is 79.7 cm³/mol. The Morgan fingerprint density at radius 3 is 2.80 bits per heavy atom. The number of hydrogen-bond acceptors (Lipinski definition) is 4. The van der Waals surface area contributed by atoms with Gasteiger partial charge in [0.15, 0.2) is 0 Å². The summed E-state index contributed by atoms with van der Waals surface area (Å²) >= 11 is 0. The third kappa shape index (κ3) is 3.30. The molecule has 0 bridgehead atoms. The molecule has 0 aromatic heterocycles. The first-order chi connectivity index (χ1) is 9.67. The molecular weight excluding hydrogens is 250 g/mol. The van der Waals surface area contributed by atoms with Crippen LogP contribution in [0.2, 0.25) is 0 Å². The van der Waals surface area contributed by atoms with Gasteiger partial charge in [-0.2, -0.15) is 5.26 Å². The highest BCUT2D eigenvalue weighted by Crippen LogP contribution is 2.21. The summed E-state index contributed by atoms with van der Waals surface area (Å²) < 4.78 is 5.27. The monoisotopic (exact) mass is 273 g/mol. The first-order valence-electron chi connectivity index (χ1n) is 7.21. The summed E-state index contributed by atoms with van der Waals surface area (Å²) in [5.74, 6) is 0.672. The highest BCUT2D eigenvalue weighted by molar-refractivity contribution is 5.45. The van der Waals surface area contributed by atoms with Crippen molar-refractivity contribution in [2.45, 2.75) is 26.4 Å². The number of benzene rings is 1. The van der Waals surface area contributed by atoms with Crippen LogP contribution in [0.4, 0.5) is 0 Å². The summed E-state index contributed by atoms with van der Waals surface area (Å²) in [6, 6.07) is 8.61. The summed E-state index contributed by atoms with van der Waals surface area (Å²) in [6.07, 6.45) is 0. The van der Waals surface area contributed by atoms with Crippen LogP contribution in [0.25, 0.3) is 0 Å². The Labute approximate surface area is 121 Å². The van der Waals surface area contributed by atoms with Crippen molar-refractivity contribution in [1.82, 2.24) is 9.80 Å². The lowest BCUT2D eigenvalue weighted by Gasteiger charge is -2.39. The molecule has 4 heteroatoms. The Kier molecular flexibility index (Phi) is 4.99. The van der Waals surface area contributed by atoms with Crippen LogP contribution in [0, 0.1) is 11.3 Å². The molecule has 20 heavy (non-hydrogen) atoms. The minimum absolute atomic E-state index is 0.598. The maximum Gasteiger partial charge on any atom is 0.136 e. The normalized spacial score (nSPS) is 20.6. The number of piperazine rings is 1. The van der Waals surface area contributed by atoms with Gasteiger partial charge in [0.1, 0.15) is 11.8 Å². The molecule has 0 radical (unpaired) electrons. The first kappa shape index (κ1) is 14.8. The Morgan fingerprint density at radius 2 is 2.20 bits per heavy atom. The molecule has 1 saturated heterocycles. The van der Waals surface area contributed by atoms with E-state index in [0.29, 0.717) is 17.4 Å². The average molecular weight is 273 g/mol. The van der Waals surface area contributed by atoms with Gasteiger partial charge in [0.05, 0.1) is 12.7 Å². The molecule has 0 saturated carbocycles. The van der Waals surface area contributed by atoms with Gasteiger partial charge >= 0.3 is 0 Å². The molecule has 2 rings (SSSR count). The van der Waals surface area contributed by atoms with Gasteiger partial charge in [-0.1, -0.05) is 13.0 Å². The molecule has 1 unspecified atom stereocenters. The van der Waals surface area contributed by atoms with Crippen LogP contribution in [0.3, 0.4) is 0 Å². The number of rotatable bonds is 4. The maximum absolute atomic E-state index is 9.01. The van der Waals surface area contributed by atoms with Gasteiger partial charge in [-0.3, -0.25) is 9.80 Å². The number of nitriles is 1. The Balaban J connectivity index is 2.02. The molecule has 0 N–H and O–H groups in total. The van der Waals surface area contributed by atoms with Gasteiger partial charge in [0.2, 0.25) is 0 Å². The Morgan fingerprint density at radius 1 is 1.40 bits per heavy atom. The molecule has 0 spiro atoms. The number of methoxy groups -OCH3 is 1. The molecule has 1 heterocycles. The van der Waals surface area contributed by atoms with Crippen molar-refractivity contribution in [3.8, 4) is 11.8 Å². The molecule has 1 atom stereocenters. The zero-order valence-corrected chi connectivity index (χ0v) is 12.6. The van der Waals surface area contributed by atoms with Gasteiger partial charge in [-0.25, -0.2) is 0 Å². The van der Waals surface area contributed by atoms with Crippen molar-refractivity contribution >= 4 is 0 Å². The second-order valence-corrected chi connectivity index (χ2v) is 5.36. The van der Waals surface area contributed by atoms with Crippen molar-refractivity contribution in [3.05, 3.63) is 29.3 Å². The van der Waals surface area contributed by atoms with E-state index in [9.17, 15) is 0 Å². The molecule has 1 aromatic rings. The standard InChI is InChI=1S/C16H23N3O/c1-4-19-8-7-18(11-13(19)2)12-14-5-6-15(10-17)16(9-14)20-3/h5-6,9,13H,4,7-8,11-12H2,1-3H3. The molecule has 1 aromatic carbocycles. The number of likely N-dealkylation sites (N-methyl/N-ethyl adjacent to an activating group) is 1. The Hall–Kier alpha value is -1.57. The van der Waals surface area contributed by atoms with Crippen LogP contribution < -0.4 is 4.74 Å². The van der Waals surface area contributed by atoms with E-state index in [1.165, 1.54) is 5.56 Å². The lowest BCUT2D eigenvalue weighted by molar-refractivity contribution is 0.0834. The third-order valence-electron chi connectivity index (χ3n) is 4.05. The van der Waals surface area contributed by atoms with E-state index in [-0.39, 0.29) is 0 Å². The summed E-state index contributed by atoms with van der Waals surface area (Å²) in [4.78, 5) is 4.98. The fraction of sp³-hybridized carbons (Fsp3) is 0.562. The Bertz CT molecular complexity index is 495. The maximum atomic E-state index is 9.01.